The highest BCUT2D eigenvalue weighted by Crippen LogP contribution is 2.23. The van der Waals surface area contributed by atoms with Crippen LogP contribution in [0.3, 0.4) is 0 Å². The maximum absolute atomic E-state index is 12.3. The monoisotopic (exact) mass is 331 g/mol. The molecule has 0 aliphatic heterocycles. The van der Waals surface area contributed by atoms with Crippen molar-refractivity contribution < 1.29 is 14.8 Å². The van der Waals surface area contributed by atoms with Crippen LogP contribution in [0.2, 0.25) is 0 Å². The fourth-order valence-electron chi connectivity index (χ4n) is 2.59. The Kier molecular flexibility index (Phi) is 6.22. The summed E-state index contributed by atoms with van der Waals surface area (Å²) in [7, 11) is 0. The van der Waals surface area contributed by atoms with Gasteiger partial charge in [0.1, 0.15) is 6.04 Å². The van der Waals surface area contributed by atoms with E-state index in [-0.39, 0.29) is 18.2 Å². The second kappa shape index (κ2) is 8.37. The number of hydrogen-bond acceptors (Lipinski definition) is 5. The van der Waals surface area contributed by atoms with Crippen molar-refractivity contribution in [2.24, 2.45) is 5.73 Å². The number of rotatable bonds is 7. The van der Waals surface area contributed by atoms with Crippen LogP contribution in [-0.4, -0.2) is 28.6 Å². The first-order chi connectivity index (χ1) is 11.5. The maximum atomic E-state index is 12.3. The highest BCUT2D eigenvalue weighted by Gasteiger charge is 2.29. The number of aliphatic hydroxyl groups is 1. The van der Waals surface area contributed by atoms with Crippen molar-refractivity contribution in [1.29, 1.82) is 0 Å². The van der Waals surface area contributed by atoms with Gasteiger partial charge in [-0.3, -0.25) is 14.9 Å². The molecule has 24 heavy (non-hydrogen) atoms. The molecule has 0 aromatic heterocycles. The molecular weight excluding hydrogens is 310 g/mol. The third-order valence-corrected chi connectivity index (χ3v) is 3.94. The van der Waals surface area contributed by atoms with E-state index in [4.69, 9.17) is 10.8 Å². The highest BCUT2D eigenvalue weighted by atomic mass is 16.6. The maximum Gasteiger partial charge on any atom is 0.268 e. The van der Waals surface area contributed by atoms with Crippen molar-refractivity contribution in [3.8, 4) is 0 Å². The van der Waals surface area contributed by atoms with Gasteiger partial charge in [-0.15, -0.1) is 0 Å². The lowest BCUT2D eigenvalue weighted by Gasteiger charge is -2.21. The summed E-state index contributed by atoms with van der Waals surface area (Å²) < 4.78 is 0. The van der Waals surface area contributed by atoms with E-state index in [1.54, 1.807) is 30.3 Å². The van der Waals surface area contributed by atoms with E-state index in [0.29, 0.717) is 31.4 Å². The molecule has 1 unspecified atom stereocenters. The first kappa shape index (κ1) is 17.8. The predicted octanol–water partition coefficient (Wildman–Crippen LogP) is 1.51. The van der Waals surface area contributed by atoms with Crippen LogP contribution in [0.4, 0.5) is 0 Å². The van der Waals surface area contributed by atoms with Gasteiger partial charge in [-0.25, -0.2) is 0 Å². The molecule has 0 saturated carbocycles. The molecule has 4 N–H and O–H groups in total. The predicted molar refractivity (Wildman–Crippen MR) is 89.7 cm³/mol. The van der Waals surface area contributed by atoms with E-state index in [1.165, 1.54) is 6.08 Å². The van der Waals surface area contributed by atoms with Crippen LogP contribution in [0.15, 0.2) is 47.7 Å². The minimum Gasteiger partial charge on any atom is -0.396 e. The van der Waals surface area contributed by atoms with E-state index < -0.39 is 11.0 Å². The van der Waals surface area contributed by atoms with Crippen LogP contribution in [0.1, 0.15) is 35.2 Å². The molecule has 1 atom stereocenters. The number of nitrogens with zero attached hydrogens (tertiary/aromatic N) is 1. The number of aliphatic hydroxyl groups excluding tert-OH is 1. The van der Waals surface area contributed by atoms with Crippen molar-refractivity contribution in [2.45, 2.75) is 31.8 Å². The summed E-state index contributed by atoms with van der Waals surface area (Å²) >= 11 is 0. The fourth-order valence-corrected chi connectivity index (χ4v) is 2.59. The average Bonchev–Trinajstić information content (AvgIpc) is 2.59. The van der Waals surface area contributed by atoms with Gasteiger partial charge in [0.2, 0.25) is 0 Å². The smallest absolute Gasteiger partial charge is 0.268 e. The lowest BCUT2D eigenvalue weighted by atomic mass is 9.94. The zero-order chi connectivity index (χ0) is 17.5. The van der Waals surface area contributed by atoms with Crippen LogP contribution in [0, 0.1) is 10.1 Å². The normalized spacial score (nSPS) is 17.0. The number of carbonyl (C=O) groups is 1. The molecule has 0 radical (unpaired) electrons. The van der Waals surface area contributed by atoms with Gasteiger partial charge < -0.3 is 16.2 Å². The van der Waals surface area contributed by atoms with E-state index >= 15 is 0 Å². The number of benzene rings is 1. The molecule has 1 aliphatic carbocycles. The zero-order valence-electron chi connectivity index (χ0n) is 13.3. The van der Waals surface area contributed by atoms with Crippen molar-refractivity contribution in [3.05, 3.63) is 68.9 Å². The SMILES string of the molecule is NCc1ccc(C(=O)NC2CC(CCCO)=CC=C2[N+](=O)[O-])cc1. The number of amides is 1. The molecule has 1 amide bonds. The Morgan fingerprint density at radius 1 is 1.33 bits per heavy atom. The van der Waals surface area contributed by atoms with Gasteiger partial charge in [0.25, 0.3) is 11.6 Å². The highest BCUT2D eigenvalue weighted by molar-refractivity contribution is 5.94. The zero-order valence-corrected chi connectivity index (χ0v) is 13.3. The van der Waals surface area contributed by atoms with Crippen LogP contribution in [-0.2, 0) is 6.54 Å². The van der Waals surface area contributed by atoms with Gasteiger partial charge in [-0.05, 0) is 37.0 Å². The third kappa shape index (κ3) is 4.50. The van der Waals surface area contributed by atoms with E-state index in [0.717, 1.165) is 11.1 Å². The Hall–Kier alpha value is -2.51. The minimum absolute atomic E-state index is 0.0327. The standard InChI is InChI=1S/C17H21N3O4/c18-11-13-3-6-14(7-4-13)17(22)19-15-10-12(2-1-9-21)5-8-16(15)20(23)24/h3-8,15,21H,1-2,9-11,18H2,(H,19,22). The number of nitrogens with one attached hydrogen (secondary N) is 1. The molecule has 1 aliphatic rings. The number of carbonyl (C=O) groups excluding carboxylic acids is 1. The second-order valence-electron chi connectivity index (χ2n) is 5.63. The summed E-state index contributed by atoms with van der Waals surface area (Å²) in [6.45, 7) is 0.450. The number of hydrogen-bond donors (Lipinski definition) is 3. The van der Waals surface area contributed by atoms with Crippen LogP contribution in [0.5, 0.6) is 0 Å². The Balaban J connectivity index is 2.10. The molecule has 1 aromatic carbocycles. The fraction of sp³-hybridized carbons (Fsp3) is 0.353. The second-order valence-corrected chi connectivity index (χ2v) is 5.63. The van der Waals surface area contributed by atoms with Gasteiger partial charge in [-0.2, -0.15) is 0 Å². The van der Waals surface area contributed by atoms with E-state index in [1.807, 2.05) is 0 Å². The third-order valence-electron chi connectivity index (χ3n) is 3.94. The van der Waals surface area contributed by atoms with Gasteiger partial charge in [-0.1, -0.05) is 23.8 Å². The van der Waals surface area contributed by atoms with E-state index in [2.05, 4.69) is 5.32 Å². The molecule has 1 aromatic rings. The molecule has 7 heteroatoms. The summed E-state index contributed by atoms with van der Waals surface area (Å²) in [6.07, 6.45) is 4.74. The molecule has 0 bridgehead atoms. The molecule has 0 heterocycles. The summed E-state index contributed by atoms with van der Waals surface area (Å²) in [5.74, 6) is -0.361. The summed E-state index contributed by atoms with van der Waals surface area (Å²) in [4.78, 5) is 23.1. The molecule has 0 saturated heterocycles. The quantitative estimate of drug-likeness (QED) is 0.517. The molecule has 128 valence electrons. The van der Waals surface area contributed by atoms with Crippen molar-refractivity contribution in [3.63, 3.8) is 0 Å². The Bertz CT molecular complexity index is 665. The van der Waals surface area contributed by atoms with Crippen molar-refractivity contribution >= 4 is 5.91 Å². The van der Waals surface area contributed by atoms with Crippen molar-refractivity contribution in [1.82, 2.24) is 5.32 Å². The largest absolute Gasteiger partial charge is 0.396 e. The van der Waals surface area contributed by atoms with E-state index in [9.17, 15) is 14.9 Å². The van der Waals surface area contributed by atoms with Crippen LogP contribution >= 0.6 is 0 Å². The first-order valence-corrected chi connectivity index (χ1v) is 7.80. The summed E-state index contributed by atoms with van der Waals surface area (Å²) in [6, 6.07) is 6.14. The average molecular weight is 331 g/mol. The number of nitro groups is 1. The van der Waals surface area contributed by atoms with Gasteiger partial charge >= 0.3 is 0 Å². The van der Waals surface area contributed by atoms with Crippen molar-refractivity contribution in [2.75, 3.05) is 6.61 Å². The van der Waals surface area contributed by atoms with Crippen LogP contribution < -0.4 is 11.1 Å². The topological polar surface area (TPSA) is 118 Å². The Morgan fingerprint density at radius 3 is 2.62 bits per heavy atom. The number of nitrogens with two attached hydrogens (primary N) is 1. The Labute approximate surface area is 140 Å². The van der Waals surface area contributed by atoms with Gasteiger partial charge in [0.05, 0.1) is 4.92 Å². The minimum atomic E-state index is -0.680. The molecule has 7 nitrogen and oxygen atoms in total. The summed E-state index contributed by atoms with van der Waals surface area (Å²) in [5.41, 5.74) is 7.80. The molecule has 0 spiro atoms. The molecular formula is C17H21N3O4. The summed E-state index contributed by atoms with van der Waals surface area (Å²) in [5, 5.41) is 22.8. The lowest BCUT2D eigenvalue weighted by molar-refractivity contribution is -0.430. The van der Waals surface area contributed by atoms with Gasteiger partial charge in [0, 0.05) is 24.8 Å². The molecule has 0 fully saturated rings. The Morgan fingerprint density at radius 2 is 2.04 bits per heavy atom. The molecule has 2 rings (SSSR count). The van der Waals surface area contributed by atoms with Crippen LogP contribution in [0.25, 0.3) is 0 Å². The number of allylic oxidation sites excluding steroid dienone is 2. The lowest BCUT2D eigenvalue weighted by Crippen LogP contribution is -2.39. The van der Waals surface area contributed by atoms with Gasteiger partial charge in [0.15, 0.2) is 0 Å². The first-order valence-electron chi connectivity index (χ1n) is 7.80.